The minimum Gasteiger partial charge on any atom is -0.337 e. The van der Waals surface area contributed by atoms with Crippen molar-refractivity contribution in [1.29, 1.82) is 0 Å². The summed E-state index contributed by atoms with van der Waals surface area (Å²) >= 11 is 1.96. The van der Waals surface area contributed by atoms with E-state index >= 15 is 0 Å². The molecule has 2 rings (SSSR count). The van der Waals surface area contributed by atoms with Crippen molar-refractivity contribution in [3.8, 4) is 0 Å². The Hall–Kier alpha value is -0.480. The molecule has 3 nitrogen and oxygen atoms in total. The lowest BCUT2D eigenvalue weighted by molar-refractivity contribution is 0.163. The summed E-state index contributed by atoms with van der Waals surface area (Å²) in [5.41, 5.74) is 0. The summed E-state index contributed by atoms with van der Waals surface area (Å²) in [5.74, 6) is 2.11. The second kappa shape index (κ2) is 7.07. The average Bonchev–Trinajstić information content (AvgIpc) is 2.83. The van der Waals surface area contributed by atoms with Crippen molar-refractivity contribution in [3.63, 3.8) is 0 Å². The molecule has 0 unspecified atom stereocenters. The van der Waals surface area contributed by atoms with Gasteiger partial charge in [-0.1, -0.05) is 0 Å². The van der Waals surface area contributed by atoms with Crippen molar-refractivity contribution < 1.29 is 0 Å². The zero-order valence-electron chi connectivity index (χ0n) is 10.7. The van der Waals surface area contributed by atoms with Crippen LogP contribution in [-0.2, 0) is 6.54 Å². The van der Waals surface area contributed by atoms with Gasteiger partial charge >= 0.3 is 0 Å². The number of imidazole rings is 1. The van der Waals surface area contributed by atoms with Crippen molar-refractivity contribution in [2.24, 2.45) is 5.92 Å². The molecular formula is C13H23N3S. The van der Waals surface area contributed by atoms with E-state index in [1.165, 1.54) is 44.6 Å². The van der Waals surface area contributed by atoms with E-state index in [0.29, 0.717) is 0 Å². The van der Waals surface area contributed by atoms with E-state index in [-0.39, 0.29) is 0 Å². The fourth-order valence-electron chi connectivity index (χ4n) is 2.63. The molecule has 17 heavy (non-hydrogen) atoms. The Labute approximate surface area is 109 Å². The maximum atomic E-state index is 4.11. The number of hydrogen-bond acceptors (Lipinski definition) is 3. The molecular weight excluding hydrogens is 230 g/mol. The Bertz CT molecular complexity index is 300. The number of aromatic nitrogens is 2. The predicted molar refractivity (Wildman–Crippen MR) is 74.4 cm³/mol. The highest BCUT2D eigenvalue weighted by Gasteiger charge is 2.19. The van der Waals surface area contributed by atoms with Crippen molar-refractivity contribution in [1.82, 2.24) is 14.5 Å². The Morgan fingerprint density at radius 1 is 1.47 bits per heavy atom. The lowest BCUT2D eigenvalue weighted by Crippen LogP contribution is -2.37. The van der Waals surface area contributed by atoms with Gasteiger partial charge in [-0.15, -0.1) is 0 Å². The number of likely N-dealkylation sites (tertiary alicyclic amines) is 1. The summed E-state index contributed by atoms with van der Waals surface area (Å²) in [7, 11) is 0. The molecule has 96 valence electrons. The van der Waals surface area contributed by atoms with Gasteiger partial charge in [-0.25, -0.2) is 4.98 Å². The zero-order chi connectivity index (χ0) is 11.9. The van der Waals surface area contributed by atoms with Crippen LogP contribution in [0, 0.1) is 5.92 Å². The molecule has 0 bridgehead atoms. The van der Waals surface area contributed by atoms with Crippen LogP contribution in [0.25, 0.3) is 0 Å². The minimum atomic E-state index is 0.812. The average molecular weight is 253 g/mol. The Morgan fingerprint density at radius 3 is 3.18 bits per heavy atom. The summed E-state index contributed by atoms with van der Waals surface area (Å²) in [6.45, 7) is 4.99. The zero-order valence-corrected chi connectivity index (χ0v) is 11.5. The number of piperidine rings is 1. The summed E-state index contributed by atoms with van der Waals surface area (Å²) < 4.78 is 2.22. The number of nitrogens with zero attached hydrogens (tertiary/aromatic N) is 3. The topological polar surface area (TPSA) is 21.1 Å². The second-order valence-corrected chi connectivity index (χ2v) is 5.90. The molecule has 1 aliphatic rings. The van der Waals surface area contributed by atoms with Crippen LogP contribution in [0.4, 0.5) is 0 Å². The molecule has 0 aromatic carbocycles. The third-order valence-electron chi connectivity index (χ3n) is 3.45. The number of thioether (sulfide) groups is 1. The molecule has 1 aromatic rings. The Morgan fingerprint density at radius 2 is 2.41 bits per heavy atom. The highest BCUT2D eigenvalue weighted by molar-refractivity contribution is 7.98. The van der Waals surface area contributed by atoms with Crippen LogP contribution in [0.15, 0.2) is 18.7 Å². The van der Waals surface area contributed by atoms with E-state index in [0.717, 1.165) is 12.5 Å². The first-order valence-corrected chi connectivity index (χ1v) is 7.95. The second-order valence-electron chi connectivity index (χ2n) is 4.91. The van der Waals surface area contributed by atoms with E-state index in [9.17, 15) is 0 Å². The third-order valence-corrected chi connectivity index (χ3v) is 4.15. The van der Waals surface area contributed by atoms with Crippen LogP contribution in [-0.4, -0.2) is 46.1 Å². The molecule has 0 spiro atoms. The van der Waals surface area contributed by atoms with Crippen LogP contribution < -0.4 is 0 Å². The Balaban J connectivity index is 1.72. The lowest BCUT2D eigenvalue weighted by atomic mass is 9.98. The largest absolute Gasteiger partial charge is 0.337 e. The summed E-state index contributed by atoms with van der Waals surface area (Å²) in [4.78, 5) is 6.75. The van der Waals surface area contributed by atoms with Crippen molar-refractivity contribution in [3.05, 3.63) is 18.7 Å². The fourth-order valence-corrected chi connectivity index (χ4v) is 3.05. The summed E-state index contributed by atoms with van der Waals surface area (Å²) in [6, 6.07) is 0. The lowest BCUT2D eigenvalue weighted by Gasteiger charge is -2.32. The molecule has 2 heterocycles. The Kier molecular flexibility index (Phi) is 5.39. The highest BCUT2D eigenvalue weighted by Crippen LogP contribution is 2.18. The quantitative estimate of drug-likeness (QED) is 0.726. The fraction of sp³-hybridized carbons (Fsp3) is 0.769. The van der Waals surface area contributed by atoms with Gasteiger partial charge in [-0.2, -0.15) is 11.8 Å². The van der Waals surface area contributed by atoms with Gasteiger partial charge in [0.25, 0.3) is 0 Å². The van der Waals surface area contributed by atoms with E-state index in [2.05, 4.69) is 26.9 Å². The monoisotopic (exact) mass is 253 g/mol. The minimum absolute atomic E-state index is 0.812. The van der Waals surface area contributed by atoms with Gasteiger partial charge in [0.05, 0.1) is 6.33 Å². The maximum Gasteiger partial charge on any atom is 0.0946 e. The molecule has 1 atom stereocenters. The molecule has 4 heteroatoms. The molecule has 1 aromatic heterocycles. The van der Waals surface area contributed by atoms with Crippen LogP contribution in [0.1, 0.15) is 19.3 Å². The van der Waals surface area contributed by atoms with E-state index in [1.54, 1.807) is 0 Å². The first-order chi connectivity index (χ1) is 8.38. The molecule has 0 N–H and O–H groups in total. The summed E-state index contributed by atoms with van der Waals surface area (Å²) in [5, 5.41) is 0. The van der Waals surface area contributed by atoms with Crippen LogP contribution in [0.5, 0.6) is 0 Å². The first kappa shape index (κ1) is 13.0. The number of rotatable bonds is 6. The van der Waals surface area contributed by atoms with E-state index in [4.69, 9.17) is 0 Å². The van der Waals surface area contributed by atoms with Gasteiger partial charge in [0.1, 0.15) is 0 Å². The van der Waals surface area contributed by atoms with Gasteiger partial charge in [0.15, 0.2) is 0 Å². The van der Waals surface area contributed by atoms with Gasteiger partial charge in [-0.3, -0.25) is 0 Å². The van der Waals surface area contributed by atoms with Crippen LogP contribution in [0.3, 0.4) is 0 Å². The SMILES string of the molecule is CSCCCN1CCC[C@@H](Cn2ccnc2)C1. The molecule has 1 saturated heterocycles. The van der Waals surface area contributed by atoms with Crippen molar-refractivity contribution in [2.45, 2.75) is 25.8 Å². The van der Waals surface area contributed by atoms with Crippen molar-refractivity contribution in [2.75, 3.05) is 31.6 Å². The van der Waals surface area contributed by atoms with Gasteiger partial charge in [0.2, 0.25) is 0 Å². The smallest absolute Gasteiger partial charge is 0.0946 e. The van der Waals surface area contributed by atoms with Crippen LogP contribution >= 0.6 is 11.8 Å². The van der Waals surface area contributed by atoms with Gasteiger partial charge in [0, 0.05) is 25.5 Å². The maximum absolute atomic E-state index is 4.11. The highest BCUT2D eigenvalue weighted by atomic mass is 32.2. The molecule has 0 saturated carbocycles. The third kappa shape index (κ3) is 4.36. The normalized spacial score (nSPS) is 21.8. The standard InChI is InChI=1S/C13H23N3S/c1-17-9-3-7-15-6-2-4-13(10-15)11-16-8-5-14-12-16/h5,8,12-13H,2-4,6-7,9-11H2,1H3/t13-/m1/s1. The summed E-state index contributed by atoms with van der Waals surface area (Å²) in [6.07, 6.45) is 12.1. The van der Waals surface area contributed by atoms with Crippen LogP contribution in [0.2, 0.25) is 0 Å². The first-order valence-electron chi connectivity index (χ1n) is 6.55. The predicted octanol–water partition coefficient (Wildman–Crippen LogP) is 2.35. The molecule has 0 amide bonds. The molecule has 0 aliphatic carbocycles. The van der Waals surface area contributed by atoms with E-state index < -0.39 is 0 Å². The van der Waals surface area contributed by atoms with Gasteiger partial charge < -0.3 is 9.47 Å². The molecule has 0 radical (unpaired) electrons. The van der Waals surface area contributed by atoms with Gasteiger partial charge in [-0.05, 0) is 50.3 Å². The van der Waals surface area contributed by atoms with E-state index in [1.807, 2.05) is 24.3 Å². The molecule has 1 fully saturated rings. The van der Waals surface area contributed by atoms with Crippen molar-refractivity contribution >= 4 is 11.8 Å². The molecule has 1 aliphatic heterocycles. The number of hydrogen-bond donors (Lipinski definition) is 0.